The molecule has 1 aliphatic heterocycles. The zero-order chi connectivity index (χ0) is 26.2. The van der Waals surface area contributed by atoms with Gasteiger partial charge in [-0.05, 0) is 71.5 Å². The molecule has 186 valence electrons. The van der Waals surface area contributed by atoms with Gasteiger partial charge >= 0.3 is 0 Å². The van der Waals surface area contributed by atoms with Gasteiger partial charge in [-0.2, -0.15) is 0 Å². The van der Waals surface area contributed by atoms with Gasteiger partial charge in [-0.15, -0.1) is 0 Å². The smallest absolute Gasteiger partial charge is 0.300 e. The molecule has 3 aromatic rings. The van der Waals surface area contributed by atoms with Crippen LogP contribution in [0.25, 0.3) is 5.76 Å². The van der Waals surface area contributed by atoms with E-state index >= 15 is 0 Å². The number of nitrogens with zero attached hydrogens (tertiary/aromatic N) is 1. The van der Waals surface area contributed by atoms with Crippen molar-refractivity contribution in [3.05, 3.63) is 94.6 Å². The average molecular weight is 486 g/mol. The first-order valence-corrected chi connectivity index (χ1v) is 11.8. The third kappa shape index (κ3) is 4.47. The van der Waals surface area contributed by atoms with Gasteiger partial charge in [-0.3, -0.25) is 14.5 Å². The highest BCUT2D eigenvalue weighted by Crippen LogP contribution is 2.43. The van der Waals surface area contributed by atoms with E-state index in [0.717, 1.165) is 11.1 Å². The van der Waals surface area contributed by atoms with Crippen LogP contribution in [-0.2, 0) is 15.0 Å². The second-order valence-corrected chi connectivity index (χ2v) is 9.92. The number of amides is 1. The minimum Gasteiger partial charge on any atom is -0.507 e. The number of carbonyl (C=O) groups excluding carboxylic acids is 2. The molecule has 0 aliphatic carbocycles. The van der Waals surface area contributed by atoms with Gasteiger partial charge in [-0.25, -0.2) is 0 Å². The Kier molecular flexibility index (Phi) is 6.63. The molecular weight excluding hydrogens is 454 g/mol. The molecule has 0 radical (unpaired) electrons. The van der Waals surface area contributed by atoms with Gasteiger partial charge in [0.1, 0.15) is 17.3 Å². The number of rotatable bonds is 5. The minimum atomic E-state index is -0.807. The van der Waals surface area contributed by atoms with Crippen LogP contribution in [0.15, 0.2) is 72.3 Å². The zero-order valence-electron chi connectivity index (χ0n) is 21.5. The van der Waals surface area contributed by atoms with Gasteiger partial charge in [-0.1, -0.05) is 45.0 Å². The molecule has 4 rings (SSSR count). The molecule has 6 heteroatoms. The number of aryl methyl sites for hydroxylation is 1. The monoisotopic (exact) mass is 485 g/mol. The van der Waals surface area contributed by atoms with Crippen LogP contribution in [0.5, 0.6) is 11.5 Å². The molecule has 1 aliphatic rings. The van der Waals surface area contributed by atoms with Crippen LogP contribution in [0.2, 0.25) is 0 Å². The average Bonchev–Trinajstić information content (AvgIpc) is 3.13. The summed E-state index contributed by atoms with van der Waals surface area (Å²) in [6, 6.07) is 19.1. The van der Waals surface area contributed by atoms with Crippen LogP contribution in [0.3, 0.4) is 0 Å². The number of anilines is 1. The number of ether oxygens (including phenoxy) is 2. The summed E-state index contributed by atoms with van der Waals surface area (Å²) < 4.78 is 10.6. The van der Waals surface area contributed by atoms with Crippen molar-refractivity contribution in [2.45, 2.75) is 39.2 Å². The maximum Gasteiger partial charge on any atom is 0.300 e. The Bertz CT molecular complexity index is 1330. The number of Topliss-reactive ketones (excluding diaryl/α,β-unsaturated/α-hetero) is 1. The molecule has 0 spiro atoms. The number of hydrogen-bond donors (Lipinski definition) is 1. The quantitative estimate of drug-likeness (QED) is 0.275. The lowest BCUT2D eigenvalue weighted by Gasteiger charge is -2.27. The van der Waals surface area contributed by atoms with Crippen LogP contribution >= 0.6 is 0 Å². The van der Waals surface area contributed by atoms with E-state index in [9.17, 15) is 14.7 Å². The fourth-order valence-electron chi connectivity index (χ4n) is 4.50. The van der Waals surface area contributed by atoms with Crippen LogP contribution in [-0.4, -0.2) is 31.0 Å². The summed E-state index contributed by atoms with van der Waals surface area (Å²) in [6.45, 7) is 8.19. The van der Waals surface area contributed by atoms with Crippen LogP contribution in [0.1, 0.15) is 49.1 Å². The van der Waals surface area contributed by atoms with Crippen LogP contribution < -0.4 is 14.4 Å². The van der Waals surface area contributed by atoms with Gasteiger partial charge < -0.3 is 14.6 Å². The van der Waals surface area contributed by atoms with Gasteiger partial charge in [0.2, 0.25) is 0 Å². The Morgan fingerprint density at radius 2 is 1.53 bits per heavy atom. The fraction of sp³-hybridized carbons (Fsp3) is 0.267. The zero-order valence-corrected chi connectivity index (χ0v) is 21.5. The highest BCUT2D eigenvalue weighted by molar-refractivity contribution is 6.51. The predicted molar refractivity (Wildman–Crippen MR) is 141 cm³/mol. The standard InChI is InChI=1S/C30H31NO5/c1-18-17-20(9-16-24(18)36-6)27(32)25-26(19-7-14-23(35-5)15-8-19)31(29(34)28(25)33)22-12-10-21(11-13-22)30(2,3)4/h7-17,26,32H,1-6H3/b27-25-. The largest absolute Gasteiger partial charge is 0.507 e. The van der Waals surface area contributed by atoms with E-state index in [0.29, 0.717) is 28.3 Å². The van der Waals surface area contributed by atoms with Gasteiger partial charge in [0, 0.05) is 11.3 Å². The molecule has 1 amide bonds. The summed E-state index contributed by atoms with van der Waals surface area (Å²) in [6.07, 6.45) is 0. The fourth-order valence-corrected chi connectivity index (χ4v) is 4.50. The van der Waals surface area contributed by atoms with E-state index in [1.165, 1.54) is 4.90 Å². The molecule has 6 nitrogen and oxygen atoms in total. The molecule has 1 unspecified atom stereocenters. The summed E-state index contributed by atoms with van der Waals surface area (Å²) in [5.41, 5.74) is 3.58. The lowest BCUT2D eigenvalue weighted by atomic mass is 9.87. The molecule has 1 heterocycles. The highest BCUT2D eigenvalue weighted by atomic mass is 16.5. The molecule has 0 aromatic heterocycles. The predicted octanol–water partition coefficient (Wildman–Crippen LogP) is 5.94. The van der Waals surface area contributed by atoms with Crippen molar-refractivity contribution in [2.75, 3.05) is 19.1 Å². The number of benzene rings is 3. The maximum absolute atomic E-state index is 13.4. The van der Waals surface area contributed by atoms with Crippen molar-refractivity contribution in [1.29, 1.82) is 0 Å². The molecule has 1 saturated heterocycles. The van der Waals surface area contributed by atoms with E-state index in [-0.39, 0.29) is 16.7 Å². The Morgan fingerprint density at radius 1 is 0.889 bits per heavy atom. The molecule has 0 saturated carbocycles. The molecule has 0 bridgehead atoms. The molecule has 1 atom stereocenters. The number of ketones is 1. The molecule has 36 heavy (non-hydrogen) atoms. The van der Waals surface area contributed by atoms with Crippen LogP contribution in [0.4, 0.5) is 5.69 Å². The number of carbonyl (C=O) groups is 2. The third-order valence-corrected chi connectivity index (χ3v) is 6.56. The Hall–Kier alpha value is -4.06. The highest BCUT2D eigenvalue weighted by Gasteiger charge is 2.47. The number of hydrogen-bond acceptors (Lipinski definition) is 5. The van der Waals surface area contributed by atoms with E-state index in [4.69, 9.17) is 9.47 Å². The van der Waals surface area contributed by atoms with Crippen LogP contribution in [0, 0.1) is 6.92 Å². The first-order chi connectivity index (χ1) is 17.1. The Balaban J connectivity index is 1.90. The number of aliphatic hydroxyl groups is 1. The lowest BCUT2D eigenvalue weighted by molar-refractivity contribution is -0.132. The molecule has 1 N–H and O–H groups in total. The maximum atomic E-state index is 13.4. The Morgan fingerprint density at radius 3 is 2.06 bits per heavy atom. The van der Waals surface area contributed by atoms with Crippen molar-refractivity contribution in [2.24, 2.45) is 0 Å². The van der Waals surface area contributed by atoms with Crippen molar-refractivity contribution < 1.29 is 24.2 Å². The molecule has 3 aromatic carbocycles. The second-order valence-electron chi connectivity index (χ2n) is 9.92. The first-order valence-electron chi connectivity index (χ1n) is 11.8. The topological polar surface area (TPSA) is 76.1 Å². The van der Waals surface area contributed by atoms with Crippen molar-refractivity contribution in [1.82, 2.24) is 0 Å². The van der Waals surface area contributed by atoms with Gasteiger partial charge in [0.05, 0.1) is 25.8 Å². The summed E-state index contributed by atoms with van der Waals surface area (Å²) in [7, 11) is 3.14. The summed E-state index contributed by atoms with van der Waals surface area (Å²) in [5.74, 6) is -0.338. The van der Waals surface area contributed by atoms with Crippen molar-refractivity contribution in [3.63, 3.8) is 0 Å². The summed E-state index contributed by atoms with van der Waals surface area (Å²) >= 11 is 0. The summed E-state index contributed by atoms with van der Waals surface area (Å²) in [4.78, 5) is 28.2. The first kappa shape index (κ1) is 25.0. The van der Waals surface area contributed by atoms with E-state index in [1.807, 2.05) is 31.2 Å². The van der Waals surface area contributed by atoms with Crippen molar-refractivity contribution in [3.8, 4) is 11.5 Å². The lowest BCUT2D eigenvalue weighted by Crippen LogP contribution is -2.29. The summed E-state index contributed by atoms with van der Waals surface area (Å²) in [5, 5.41) is 11.4. The van der Waals surface area contributed by atoms with Crippen molar-refractivity contribution >= 4 is 23.1 Å². The molecule has 1 fully saturated rings. The number of aliphatic hydroxyl groups excluding tert-OH is 1. The SMILES string of the molecule is COc1ccc(C2/C(=C(/O)c3ccc(OC)c(C)c3)C(=O)C(=O)N2c2ccc(C(C)(C)C)cc2)cc1. The third-order valence-electron chi connectivity index (χ3n) is 6.56. The second kappa shape index (κ2) is 9.53. The van der Waals surface area contributed by atoms with E-state index in [1.54, 1.807) is 56.7 Å². The van der Waals surface area contributed by atoms with E-state index < -0.39 is 17.7 Å². The molecular formula is C30H31NO5. The normalized spacial score (nSPS) is 17.4. The Labute approximate surface area is 211 Å². The van der Waals surface area contributed by atoms with Gasteiger partial charge in [0.15, 0.2) is 0 Å². The minimum absolute atomic E-state index is 0.0367. The number of methoxy groups -OCH3 is 2. The van der Waals surface area contributed by atoms with Gasteiger partial charge in [0.25, 0.3) is 11.7 Å². The van der Waals surface area contributed by atoms with E-state index in [2.05, 4.69) is 20.8 Å².